The van der Waals surface area contributed by atoms with Gasteiger partial charge in [0.15, 0.2) is 0 Å². The molecule has 0 radical (unpaired) electrons. The molecule has 0 aromatic heterocycles. The smallest absolute Gasteiger partial charge is 0.336 e. The molecule has 0 aliphatic heterocycles. The molecule has 0 bridgehead atoms. The van der Waals surface area contributed by atoms with E-state index < -0.39 is 5.97 Å². The Morgan fingerprint density at radius 3 is 2.42 bits per heavy atom. The Kier molecular flexibility index (Phi) is 2.52. The number of rotatable bonds is 3. The highest BCUT2D eigenvalue weighted by molar-refractivity contribution is 6.07. The lowest BCUT2D eigenvalue weighted by Gasteiger charge is -2.12. The summed E-state index contributed by atoms with van der Waals surface area (Å²) in [6.45, 7) is 4.47. The minimum Gasteiger partial charge on any atom is -0.478 e. The van der Waals surface area contributed by atoms with Crippen LogP contribution in [0, 0.1) is 5.41 Å². The van der Waals surface area contributed by atoms with E-state index in [4.69, 9.17) is 0 Å². The monoisotopic (exact) mass is 255 g/mol. The van der Waals surface area contributed by atoms with E-state index >= 15 is 0 Å². The summed E-state index contributed by atoms with van der Waals surface area (Å²) in [5.41, 5.74) is 1.72. The van der Waals surface area contributed by atoms with E-state index in [0.717, 1.165) is 22.9 Å². The second-order valence-corrected chi connectivity index (χ2v) is 5.90. The third-order valence-corrected chi connectivity index (χ3v) is 4.00. The van der Waals surface area contributed by atoms with Gasteiger partial charge in [0.25, 0.3) is 0 Å². The van der Waals surface area contributed by atoms with Gasteiger partial charge in [0.1, 0.15) is 0 Å². The minimum absolute atomic E-state index is 0.340. The zero-order valence-corrected chi connectivity index (χ0v) is 11.1. The summed E-state index contributed by atoms with van der Waals surface area (Å²) >= 11 is 0. The first-order chi connectivity index (χ1) is 8.99. The predicted octanol–water partition coefficient (Wildman–Crippen LogP) is 3.75. The summed E-state index contributed by atoms with van der Waals surface area (Å²) in [4.78, 5) is 11.2. The van der Waals surface area contributed by atoms with Crippen molar-refractivity contribution in [1.82, 2.24) is 0 Å². The van der Waals surface area contributed by atoms with Gasteiger partial charge in [0.2, 0.25) is 0 Å². The molecule has 3 nitrogen and oxygen atoms in total. The summed E-state index contributed by atoms with van der Waals surface area (Å²) in [5, 5.41) is 14.5. The Balaban J connectivity index is 2.07. The molecule has 2 aromatic carbocycles. The van der Waals surface area contributed by atoms with Gasteiger partial charge in [-0.25, -0.2) is 4.79 Å². The average molecular weight is 255 g/mol. The van der Waals surface area contributed by atoms with Gasteiger partial charge in [-0.1, -0.05) is 38.1 Å². The molecule has 0 saturated heterocycles. The second kappa shape index (κ2) is 3.98. The van der Waals surface area contributed by atoms with Gasteiger partial charge in [0.05, 0.1) is 5.56 Å². The van der Waals surface area contributed by atoms with Crippen molar-refractivity contribution >= 4 is 22.4 Å². The average Bonchev–Trinajstić information content (AvgIpc) is 2.96. The number of carboxylic acids is 1. The molecule has 1 fully saturated rings. The van der Waals surface area contributed by atoms with Crippen LogP contribution in [0.15, 0.2) is 36.4 Å². The topological polar surface area (TPSA) is 49.3 Å². The van der Waals surface area contributed by atoms with Crippen molar-refractivity contribution in [3.05, 3.63) is 42.0 Å². The largest absolute Gasteiger partial charge is 0.478 e. The van der Waals surface area contributed by atoms with Gasteiger partial charge in [-0.05, 0) is 29.4 Å². The van der Waals surface area contributed by atoms with Crippen molar-refractivity contribution < 1.29 is 9.90 Å². The third kappa shape index (κ3) is 2.05. The van der Waals surface area contributed by atoms with Crippen LogP contribution in [0.3, 0.4) is 0 Å². The van der Waals surface area contributed by atoms with E-state index in [1.807, 2.05) is 30.3 Å². The molecule has 1 saturated carbocycles. The Hall–Kier alpha value is -2.03. The molecule has 19 heavy (non-hydrogen) atoms. The van der Waals surface area contributed by atoms with Crippen molar-refractivity contribution in [2.24, 2.45) is 5.41 Å². The van der Waals surface area contributed by atoms with Gasteiger partial charge >= 0.3 is 5.97 Å². The zero-order valence-electron chi connectivity index (χ0n) is 11.1. The lowest BCUT2D eigenvalue weighted by molar-refractivity contribution is 0.0699. The molecular weight excluding hydrogens is 238 g/mol. The van der Waals surface area contributed by atoms with Gasteiger partial charge < -0.3 is 10.4 Å². The molecule has 0 heterocycles. The number of carboxylic acid groups (broad SMARTS) is 1. The number of benzene rings is 2. The summed E-state index contributed by atoms with van der Waals surface area (Å²) in [7, 11) is 0. The number of anilines is 1. The van der Waals surface area contributed by atoms with Crippen LogP contribution in [0.2, 0.25) is 0 Å². The fourth-order valence-corrected chi connectivity index (χ4v) is 2.51. The maximum Gasteiger partial charge on any atom is 0.336 e. The summed E-state index contributed by atoms with van der Waals surface area (Å²) in [5.74, 6) is -0.880. The van der Waals surface area contributed by atoms with Crippen LogP contribution in [0.1, 0.15) is 30.6 Å². The fraction of sp³-hybridized carbons (Fsp3) is 0.312. The van der Waals surface area contributed by atoms with Gasteiger partial charge in [-0.15, -0.1) is 0 Å². The van der Waals surface area contributed by atoms with E-state index in [-0.39, 0.29) is 0 Å². The first-order valence-corrected chi connectivity index (χ1v) is 6.50. The quantitative estimate of drug-likeness (QED) is 0.878. The Labute approximate surface area is 112 Å². The van der Waals surface area contributed by atoms with Gasteiger partial charge in [0, 0.05) is 17.1 Å². The third-order valence-electron chi connectivity index (χ3n) is 4.00. The number of hydrogen-bond donors (Lipinski definition) is 2. The number of hydrogen-bond acceptors (Lipinski definition) is 2. The van der Waals surface area contributed by atoms with Crippen molar-refractivity contribution in [3.63, 3.8) is 0 Å². The van der Waals surface area contributed by atoms with Crippen LogP contribution in [-0.2, 0) is 0 Å². The highest BCUT2D eigenvalue weighted by atomic mass is 16.4. The van der Waals surface area contributed by atoms with Crippen LogP contribution in [-0.4, -0.2) is 17.1 Å². The molecule has 2 aromatic rings. The lowest BCUT2D eigenvalue weighted by Crippen LogP contribution is -2.09. The molecule has 1 atom stereocenters. The van der Waals surface area contributed by atoms with E-state index in [1.165, 1.54) is 0 Å². The first kappa shape index (κ1) is 12.0. The number of carbonyl (C=O) groups is 1. The van der Waals surface area contributed by atoms with Crippen LogP contribution in [0.25, 0.3) is 10.8 Å². The maximum absolute atomic E-state index is 11.2. The first-order valence-electron chi connectivity index (χ1n) is 6.50. The number of nitrogens with one attached hydrogen (secondary N) is 1. The highest BCUT2D eigenvalue weighted by Gasteiger charge is 2.45. The molecule has 3 heteroatoms. The van der Waals surface area contributed by atoms with Crippen LogP contribution in [0.5, 0.6) is 0 Å². The molecular formula is C16H17NO2. The van der Waals surface area contributed by atoms with E-state index in [2.05, 4.69) is 19.2 Å². The van der Waals surface area contributed by atoms with E-state index in [9.17, 15) is 9.90 Å². The number of aromatic carboxylic acids is 1. The summed E-state index contributed by atoms with van der Waals surface area (Å²) in [6.07, 6.45) is 1.15. The SMILES string of the molecule is CC1(C)CC1Nc1ccc(C(=O)O)c2ccccc12. The Bertz CT molecular complexity index is 661. The normalized spacial score (nSPS) is 20.2. The highest BCUT2D eigenvalue weighted by Crippen LogP contribution is 2.47. The van der Waals surface area contributed by atoms with E-state index in [1.54, 1.807) is 6.07 Å². The molecule has 2 N–H and O–H groups in total. The molecule has 98 valence electrons. The molecule has 1 aliphatic rings. The standard InChI is InChI=1S/C16H17NO2/c1-16(2)9-14(16)17-13-8-7-12(15(18)19)10-5-3-4-6-11(10)13/h3-8,14,17H,9H2,1-2H3,(H,18,19). The van der Waals surface area contributed by atoms with Crippen molar-refractivity contribution in [1.29, 1.82) is 0 Å². The van der Waals surface area contributed by atoms with Crippen LogP contribution >= 0.6 is 0 Å². The molecule has 1 aliphatic carbocycles. The van der Waals surface area contributed by atoms with Gasteiger partial charge in [-0.3, -0.25) is 0 Å². The van der Waals surface area contributed by atoms with E-state index in [0.29, 0.717) is 17.0 Å². The zero-order chi connectivity index (χ0) is 13.6. The van der Waals surface area contributed by atoms with Crippen LogP contribution < -0.4 is 5.32 Å². The number of fused-ring (bicyclic) bond motifs is 1. The van der Waals surface area contributed by atoms with Crippen molar-refractivity contribution in [3.8, 4) is 0 Å². The summed E-state index contributed by atoms with van der Waals surface area (Å²) in [6, 6.07) is 11.7. The van der Waals surface area contributed by atoms with Crippen molar-refractivity contribution in [2.75, 3.05) is 5.32 Å². The second-order valence-electron chi connectivity index (χ2n) is 5.90. The molecule has 0 spiro atoms. The summed E-state index contributed by atoms with van der Waals surface area (Å²) < 4.78 is 0. The van der Waals surface area contributed by atoms with Crippen LogP contribution in [0.4, 0.5) is 5.69 Å². The fourth-order valence-electron chi connectivity index (χ4n) is 2.51. The van der Waals surface area contributed by atoms with Crippen molar-refractivity contribution in [2.45, 2.75) is 26.3 Å². The molecule has 1 unspecified atom stereocenters. The predicted molar refractivity (Wildman–Crippen MR) is 76.7 cm³/mol. The Morgan fingerprint density at radius 2 is 1.84 bits per heavy atom. The Morgan fingerprint density at radius 1 is 1.21 bits per heavy atom. The molecule has 0 amide bonds. The minimum atomic E-state index is -0.880. The maximum atomic E-state index is 11.2. The lowest BCUT2D eigenvalue weighted by atomic mass is 10.0. The molecule has 3 rings (SSSR count). The van der Waals surface area contributed by atoms with Gasteiger partial charge in [-0.2, -0.15) is 0 Å².